The van der Waals surface area contributed by atoms with Gasteiger partial charge in [0.05, 0.1) is 11.5 Å². The van der Waals surface area contributed by atoms with Crippen LogP contribution in [0.1, 0.15) is 43.7 Å². The van der Waals surface area contributed by atoms with E-state index >= 15 is 0 Å². The van der Waals surface area contributed by atoms with Crippen LogP contribution in [0.25, 0.3) is 0 Å². The van der Waals surface area contributed by atoms with E-state index in [0.29, 0.717) is 6.54 Å². The van der Waals surface area contributed by atoms with Crippen molar-refractivity contribution in [2.75, 3.05) is 13.1 Å². The number of carbonyl (C=O) groups excluding carboxylic acids is 1. The summed E-state index contributed by atoms with van der Waals surface area (Å²) in [4.78, 5) is 18.9. The number of amides is 1. The highest BCUT2D eigenvalue weighted by Gasteiger charge is 2.47. The van der Waals surface area contributed by atoms with Gasteiger partial charge in [0.1, 0.15) is 0 Å². The van der Waals surface area contributed by atoms with Crippen LogP contribution in [-0.2, 0) is 4.79 Å². The number of rotatable bonds is 3. The Balaban J connectivity index is 1.82. The van der Waals surface area contributed by atoms with E-state index in [0.717, 1.165) is 38.6 Å². The maximum absolute atomic E-state index is 12.8. The standard InChI is InChI=1S/C15H21N3O/c16-11-15(6-2-7-15)14(19)18-10-1-3-13(18)12-4-8-17-9-5-12/h4-5,8-9,13H,1-3,6-7,10-11,16H2. The van der Waals surface area contributed by atoms with Gasteiger partial charge in [-0.3, -0.25) is 9.78 Å². The Hall–Kier alpha value is -1.42. The smallest absolute Gasteiger partial charge is 0.230 e. The molecule has 2 fully saturated rings. The van der Waals surface area contributed by atoms with Crippen molar-refractivity contribution in [1.29, 1.82) is 0 Å². The topological polar surface area (TPSA) is 59.2 Å². The molecule has 0 bridgehead atoms. The van der Waals surface area contributed by atoms with Crippen molar-refractivity contribution >= 4 is 5.91 Å². The van der Waals surface area contributed by atoms with Crippen molar-refractivity contribution in [3.05, 3.63) is 30.1 Å². The zero-order valence-corrected chi connectivity index (χ0v) is 11.2. The lowest BCUT2D eigenvalue weighted by molar-refractivity contribution is -0.147. The molecule has 3 rings (SSSR count). The summed E-state index contributed by atoms with van der Waals surface area (Å²) in [5.41, 5.74) is 6.81. The fourth-order valence-corrected chi connectivity index (χ4v) is 3.36. The summed E-state index contributed by atoms with van der Waals surface area (Å²) in [6, 6.07) is 4.26. The molecule has 1 aromatic rings. The average molecular weight is 259 g/mol. The molecule has 1 aliphatic heterocycles. The third-order valence-electron chi connectivity index (χ3n) is 4.76. The molecule has 1 saturated heterocycles. The number of hydrogen-bond acceptors (Lipinski definition) is 3. The van der Waals surface area contributed by atoms with Gasteiger partial charge in [-0.15, -0.1) is 0 Å². The minimum absolute atomic E-state index is 0.222. The quantitative estimate of drug-likeness (QED) is 0.901. The molecule has 2 aliphatic rings. The van der Waals surface area contributed by atoms with Crippen molar-refractivity contribution in [1.82, 2.24) is 9.88 Å². The number of aromatic nitrogens is 1. The van der Waals surface area contributed by atoms with Crippen LogP contribution in [0.15, 0.2) is 24.5 Å². The van der Waals surface area contributed by atoms with Crippen LogP contribution in [0.4, 0.5) is 0 Å². The van der Waals surface area contributed by atoms with E-state index in [2.05, 4.69) is 9.88 Å². The Bertz CT molecular complexity index is 450. The SMILES string of the molecule is NCC1(C(=O)N2CCCC2c2ccncc2)CCC1. The Morgan fingerprint density at radius 1 is 1.37 bits per heavy atom. The van der Waals surface area contributed by atoms with Gasteiger partial charge >= 0.3 is 0 Å². The number of likely N-dealkylation sites (tertiary alicyclic amines) is 1. The van der Waals surface area contributed by atoms with Crippen molar-refractivity contribution in [3.63, 3.8) is 0 Å². The monoisotopic (exact) mass is 259 g/mol. The van der Waals surface area contributed by atoms with E-state index in [1.165, 1.54) is 5.56 Å². The van der Waals surface area contributed by atoms with Crippen LogP contribution in [-0.4, -0.2) is 28.9 Å². The van der Waals surface area contributed by atoms with E-state index in [-0.39, 0.29) is 17.4 Å². The Morgan fingerprint density at radius 2 is 2.11 bits per heavy atom. The maximum Gasteiger partial charge on any atom is 0.230 e. The van der Waals surface area contributed by atoms with Crippen LogP contribution in [0.3, 0.4) is 0 Å². The molecule has 0 spiro atoms. The molecule has 1 amide bonds. The molecular formula is C15H21N3O. The number of nitrogens with two attached hydrogens (primary N) is 1. The van der Waals surface area contributed by atoms with Crippen LogP contribution in [0.2, 0.25) is 0 Å². The Labute approximate surface area is 114 Å². The largest absolute Gasteiger partial charge is 0.335 e. The summed E-state index contributed by atoms with van der Waals surface area (Å²) >= 11 is 0. The number of pyridine rings is 1. The summed E-state index contributed by atoms with van der Waals surface area (Å²) in [5.74, 6) is 0.278. The zero-order chi connectivity index (χ0) is 13.3. The van der Waals surface area contributed by atoms with Crippen LogP contribution >= 0.6 is 0 Å². The maximum atomic E-state index is 12.8. The van der Waals surface area contributed by atoms with Crippen molar-refractivity contribution in [2.24, 2.45) is 11.1 Å². The third-order valence-corrected chi connectivity index (χ3v) is 4.76. The minimum Gasteiger partial charge on any atom is -0.335 e. The molecule has 0 radical (unpaired) electrons. The van der Waals surface area contributed by atoms with Gasteiger partial charge in [-0.2, -0.15) is 0 Å². The van der Waals surface area contributed by atoms with Gasteiger partial charge < -0.3 is 10.6 Å². The van der Waals surface area contributed by atoms with Crippen molar-refractivity contribution in [3.8, 4) is 0 Å². The van der Waals surface area contributed by atoms with Crippen LogP contribution in [0.5, 0.6) is 0 Å². The summed E-state index contributed by atoms with van der Waals surface area (Å²) in [7, 11) is 0. The Morgan fingerprint density at radius 3 is 2.68 bits per heavy atom. The van der Waals surface area contributed by atoms with E-state index < -0.39 is 0 Å². The molecule has 2 heterocycles. The number of nitrogens with zero attached hydrogens (tertiary/aromatic N) is 2. The predicted molar refractivity (Wildman–Crippen MR) is 73.3 cm³/mol. The fourth-order valence-electron chi connectivity index (χ4n) is 3.36. The molecule has 4 heteroatoms. The van der Waals surface area contributed by atoms with Gasteiger partial charge in [0.15, 0.2) is 0 Å². The minimum atomic E-state index is -0.254. The summed E-state index contributed by atoms with van der Waals surface area (Å²) in [5, 5.41) is 0. The van der Waals surface area contributed by atoms with E-state index in [1.54, 1.807) is 12.4 Å². The number of hydrogen-bond donors (Lipinski definition) is 1. The fraction of sp³-hybridized carbons (Fsp3) is 0.600. The van der Waals surface area contributed by atoms with Crippen molar-refractivity contribution in [2.45, 2.75) is 38.1 Å². The first-order valence-corrected chi connectivity index (χ1v) is 7.18. The molecule has 4 nitrogen and oxygen atoms in total. The summed E-state index contributed by atoms with van der Waals surface area (Å²) < 4.78 is 0. The highest BCUT2D eigenvalue weighted by molar-refractivity contribution is 5.84. The van der Waals surface area contributed by atoms with E-state index in [1.807, 2.05) is 12.1 Å². The molecule has 1 saturated carbocycles. The second-order valence-electron chi connectivity index (χ2n) is 5.78. The molecule has 19 heavy (non-hydrogen) atoms. The molecule has 102 valence electrons. The first kappa shape index (κ1) is 12.6. The van der Waals surface area contributed by atoms with Crippen LogP contribution in [0, 0.1) is 5.41 Å². The van der Waals surface area contributed by atoms with E-state index in [4.69, 9.17) is 5.73 Å². The normalized spacial score (nSPS) is 25.1. The summed E-state index contributed by atoms with van der Waals surface area (Å²) in [6.45, 7) is 1.36. The molecule has 1 aliphatic carbocycles. The molecule has 0 aromatic carbocycles. The molecule has 1 atom stereocenters. The molecular weight excluding hydrogens is 238 g/mol. The molecule has 1 aromatic heterocycles. The van der Waals surface area contributed by atoms with Gasteiger partial charge in [0.2, 0.25) is 5.91 Å². The first-order valence-electron chi connectivity index (χ1n) is 7.18. The average Bonchev–Trinajstić information content (AvgIpc) is 2.88. The van der Waals surface area contributed by atoms with Gasteiger partial charge in [0, 0.05) is 25.5 Å². The lowest BCUT2D eigenvalue weighted by Gasteiger charge is -2.43. The Kier molecular flexibility index (Phi) is 3.27. The molecule has 2 N–H and O–H groups in total. The van der Waals surface area contributed by atoms with Gasteiger partial charge in [-0.1, -0.05) is 6.42 Å². The lowest BCUT2D eigenvalue weighted by Crippen LogP contribution is -2.51. The predicted octanol–water partition coefficient (Wildman–Crippen LogP) is 1.87. The second-order valence-corrected chi connectivity index (χ2v) is 5.78. The van der Waals surface area contributed by atoms with Gasteiger partial charge in [-0.05, 0) is 43.4 Å². The highest BCUT2D eigenvalue weighted by atomic mass is 16.2. The van der Waals surface area contributed by atoms with Crippen molar-refractivity contribution < 1.29 is 4.79 Å². The number of carbonyl (C=O) groups is 1. The van der Waals surface area contributed by atoms with Crippen LogP contribution < -0.4 is 5.73 Å². The summed E-state index contributed by atoms with van der Waals surface area (Å²) in [6.07, 6.45) is 8.80. The molecule has 1 unspecified atom stereocenters. The zero-order valence-electron chi connectivity index (χ0n) is 11.2. The highest BCUT2D eigenvalue weighted by Crippen LogP contribution is 2.44. The van der Waals surface area contributed by atoms with Gasteiger partial charge in [0.25, 0.3) is 0 Å². The second kappa shape index (κ2) is 4.93. The lowest BCUT2D eigenvalue weighted by atomic mass is 9.67. The first-order chi connectivity index (χ1) is 9.27. The van der Waals surface area contributed by atoms with Gasteiger partial charge in [-0.25, -0.2) is 0 Å². The third kappa shape index (κ3) is 2.04. The van der Waals surface area contributed by atoms with E-state index in [9.17, 15) is 4.79 Å².